The number of halogens is 1. The summed E-state index contributed by atoms with van der Waals surface area (Å²) in [5.74, 6) is 0.170. The Morgan fingerprint density at radius 2 is 1.61 bits per heavy atom. The van der Waals surface area contributed by atoms with E-state index in [0.717, 1.165) is 18.2 Å². The Kier molecular flexibility index (Phi) is 7.28. The highest BCUT2D eigenvalue weighted by atomic mass is 35.5. The second-order valence-electron chi connectivity index (χ2n) is 5.99. The number of unbranched alkanes of at least 4 members (excludes halogenated alkanes) is 1. The molecule has 2 aromatic carbocycles. The summed E-state index contributed by atoms with van der Waals surface area (Å²) in [6.07, 6.45) is 1.31. The van der Waals surface area contributed by atoms with Crippen molar-refractivity contribution in [1.29, 1.82) is 0 Å². The number of nitrogens with zero attached hydrogens (tertiary/aromatic N) is 3. The highest BCUT2D eigenvalue weighted by molar-refractivity contribution is 6.30. The van der Waals surface area contributed by atoms with Crippen molar-refractivity contribution in [3.05, 3.63) is 73.3 Å². The van der Waals surface area contributed by atoms with Gasteiger partial charge in [0, 0.05) is 30.7 Å². The number of ether oxygens (including phenoxy) is 1. The fourth-order valence-electron chi connectivity index (χ4n) is 2.42. The zero-order valence-corrected chi connectivity index (χ0v) is 15.8. The van der Waals surface area contributed by atoms with E-state index in [-0.39, 0.29) is 5.56 Å². The number of rotatable bonds is 9. The van der Waals surface area contributed by atoms with Gasteiger partial charge >= 0.3 is 0 Å². The molecule has 0 saturated heterocycles. The van der Waals surface area contributed by atoms with Gasteiger partial charge in [-0.25, -0.2) is 0 Å². The maximum absolute atomic E-state index is 12.4. The Morgan fingerprint density at radius 1 is 1.04 bits per heavy atom. The predicted octanol–water partition coefficient (Wildman–Crippen LogP) is 4.09. The number of carbonyl (C=O) groups is 1. The third-order valence-electron chi connectivity index (χ3n) is 3.89. The largest absolute Gasteiger partial charge is 0.494 e. The van der Waals surface area contributed by atoms with E-state index in [9.17, 15) is 25.0 Å². The Bertz CT molecular complexity index is 840. The van der Waals surface area contributed by atoms with E-state index in [1.54, 1.807) is 24.3 Å². The van der Waals surface area contributed by atoms with E-state index in [1.165, 1.54) is 11.9 Å². The summed E-state index contributed by atoms with van der Waals surface area (Å²) in [7, 11) is 1.53. The fourth-order valence-corrected chi connectivity index (χ4v) is 2.55. The Morgan fingerprint density at radius 3 is 2.14 bits per heavy atom. The van der Waals surface area contributed by atoms with Gasteiger partial charge in [-0.2, -0.15) is 0 Å². The molecule has 0 unspecified atom stereocenters. The van der Waals surface area contributed by atoms with Crippen molar-refractivity contribution in [1.82, 2.24) is 4.90 Å². The predicted molar refractivity (Wildman–Crippen MR) is 103 cm³/mol. The number of carbonyl (C=O) groups excluding carboxylic acids is 1. The highest BCUT2D eigenvalue weighted by Gasteiger charge is 2.21. The first-order chi connectivity index (χ1) is 13.3. The van der Waals surface area contributed by atoms with E-state index < -0.39 is 27.1 Å². The lowest BCUT2D eigenvalue weighted by molar-refractivity contribution is -0.394. The normalized spacial score (nSPS) is 10.4. The van der Waals surface area contributed by atoms with Gasteiger partial charge in [-0.15, -0.1) is 0 Å². The van der Waals surface area contributed by atoms with Crippen LogP contribution in [0.25, 0.3) is 0 Å². The molecular formula is C18H18ClN3O6. The molecule has 0 N–H and O–H groups in total. The Labute approximate surface area is 165 Å². The van der Waals surface area contributed by atoms with Gasteiger partial charge in [0.1, 0.15) is 5.75 Å². The lowest BCUT2D eigenvalue weighted by Gasteiger charge is -2.17. The number of hydrogen-bond donors (Lipinski definition) is 0. The molecule has 9 nitrogen and oxygen atoms in total. The van der Waals surface area contributed by atoms with Crippen LogP contribution in [0.5, 0.6) is 5.75 Å². The molecule has 2 rings (SSSR count). The van der Waals surface area contributed by atoms with Crippen LogP contribution in [0.15, 0.2) is 42.5 Å². The van der Waals surface area contributed by atoms with Crippen LogP contribution in [0.1, 0.15) is 23.2 Å². The van der Waals surface area contributed by atoms with Crippen LogP contribution in [0.4, 0.5) is 11.4 Å². The molecule has 0 aliphatic carbocycles. The molecule has 2 aromatic rings. The number of amides is 1. The minimum Gasteiger partial charge on any atom is -0.494 e. The van der Waals surface area contributed by atoms with Crippen LogP contribution in [-0.4, -0.2) is 40.9 Å². The second kappa shape index (κ2) is 9.65. The van der Waals surface area contributed by atoms with Crippen molar-refractivity contribution in [3.8, 4) is 5.75 Å². The van der Waals surface area contributed by atoms with Crippen LogP contribution in [-0.2, 0) is 0 Å². The van der Waals surface area contributed by atoms with Crippen molar-refractivity contribution in [2.45, 2.75) is 12.8 Å². The lowest BCUT2D eigenvalue weighted by Crippen LogP contribution is -2.28. The van der Waals surface area contributed by atoms with E-state index in [2.05, 4.69) is 0 Å². The fraction of sp³-hybridized carbons (Fsp3) is 0.278. The molecule has 0 aliphatic rings. The minimum absolute atomic E-state index is 0.0965. The van der Waals surface area contributed by atoms with E-state index in [0.29, 0.717) is 36.8 Å². The first-order valence-electron chi connectivity index (χ1n) is 8.35. The molecule has 148 valence electrons. The lowest BCUT2D eigenvalue weighted by atomic mass is 10.1. The van der Waals surface area contributed by atoms with E-state index in [4.69, 9.17) is 16.3 Å². The molecule has 1 amide bonds. The molecule has 0 atom stereocenters. The Balaban J connectivity index is 1.89. The van der Waals surface area contributed by atoms with Crippen LogP contribution >= 0.6 is 11.6 Å². The first kappa shape index (κ1) is 21.1. The molecule has 0 radical (unpaired) electrons. The van der Waals surface area contributed by atoms with Crippen LogP contribution < -0.4 is 4.74 Å². The number of nitro benzene ring substituents is 2. The van der Waals surface area contributed by atoms with E-state index in [1.807, 2.05) is 0 Å². The van der Waals surface area contributed by atoms with Gasteiger partial charge in [0.05, 0.1) is 28.1 Å². The maximum Gasteiger partial charge on any atom is 0.277 e. The molecule has 0 bridgehead atoms. The topological polar surface area (TPSA) is 116 Å². The van der Waals surface area contributed by atoms with Crippen LogP contribution in [0.2, 0.25) is 5.02 Å². The number of nitro groups is 2. The third-order valence-corrected chi connectivity index (χ3v) is 4.14. The smallest absolute Gasteiger partial charge is 0.277 e. The quantitative estimate of drug-likeness (QED) is 0.351. The monoisotopic (exact) mass is 407 g/mol. The summed E-state index contributed by atoms with van der Waals surface area (Å²) in [6.45, 7) is 0.825. The summed E-state index contributed by atoms with van der Waals surface area (Å²) in [4.78, 5) is 34.2. The molecule has 0 aliphatic heterocycles. The van der Waals surface area contributed by atoms with Crippen LogP contribution in [0.3, 0.4) is 0 Å². The molecule has 0 fully saturated rings. The summed E-state index contributed by atoms with van der Waals surface area (Å²) in [5.41, 5.74) is -1.09. The first-order valence-corrected chi connectivity index (χ1v) is 8.73. The zero-order valence-electron chi connectivity index (χ0n) is 15.0. The summed E-state index contributed by atoms with van der Waals surface area (Å²) in [5, 5.41) is 22.5. The standard InChI is InChI=1S/C18H18ClN3O6/c1-20(8-2-3-9-28-17-6-4-14(19)5-7-17)18(23)13-10-15(21(24)25)12-16(11-13)22(26)27/h4-7,10-12H,2-3,8-9H2,1H3. The van der Waals surface area contributed by atoms with Crippen LogP contribution in [0, 0.1) is 20.2 Å². The van der Waals surface area contributed by atoms with Gasteiger partial charge < -0.3 is 9.64 Å². The van der Waals surface area contributed by atoms with Gasteiger partial charge in [0.2, 0.25) is 0 Å². The summed E-state index contributed by atoms with van der Waals surface area (Å²) < 4.78 is 5.56. The summed E-state index contributed by atoms with van der Waals surface area (Å²) in [6, 6.07) is 9.86. The molecule has 0 aromatic heterocycles. The number of benzene rings is 2. The highest BCUT2D eigenvalue weighted by Crippen LogP contribution is 2.23. The van der Waals surface area contributed by atoms with Gasteiger partial charge in [-0.05, 0) is 37.1 Å². The Hall–Kier alpha value is -3.20. The average molecular weight is 408 g/mol. The number of hydrogen-bond acceptors (Lipinski definition) is 6. The minimum atomic E-state index is -0.766. The third kappa shape index (κ3) is 5.92. The van der Waals surface area contributed by atoms with Gasteiger partial charge in [-0.3, -0.25) is 25.0 Å². The SMILES string of the molecule is CN(CCCCOc1ccc(Cl)cc1)C(=O)c1cc([N+](=O)[O-])cc([N+](=O)[O-])c1. The molecule has 0 spiro atoms. The van der Waals surface area contributed by atoms with Crippen molar-refractivity contribution in [2.24, 2.45) is 0 Å². The van der Waals surface area contributed by atoms with Gasteiger partial charge in [-0.1, -0.05) is 11.6 Å². The van der Waals surface area contributed by atoms with Crippen molar-refractivity contribution in [3.63, 3.8) is 0 Å². The average Bonchev–Trinajstić information content (AvgIpc) is 2.67. The second-order valence-corrected chi connectivity index (χ2v) is 6.42. The van der Waals surface area contributed by atoms with E-state index >= 15 is 0 Å². The van der Waals surface area contributed by atoms with Crippen molar-refractivity contribution < 1.29 is 19.4 Å². The molecule has 0 heterocycles. The molecular weight excluding hydrogens is 390 g/mol. The van der Waals surface area contributed by atoms with Crippen molar-refractivity contribution in [2.75, 3.05) is 20.2 Å². The molecule has 10 heteroatoms. The molecule has 28 heavy (non-hydrogen) atoms. The summed E-state index contributed by atoms with van der Waals surface area (Å²) >= 11 is 5.80. The number of non-ortho nitro benzene ring substituents is 2. The maximum atomic E-state index is 12.4. The van der Waals surface area contributed by atoms with Gasteiger partial charge in [0.15, 0.2) is 0 Å². The zero-order chi connectivity index (χ0) is 20.7. The molecule has 0 saturated carbocycles. The van der Waals surface area contributed by atoms with Crippen molar-refractivity contribution >= 4 is 28.9 Å². The van der Waals surface area contributed by atoms with Gasteiger partial charge in [0.25, 0.3) is 17.3 Å².